The van der Waals surface area contributed by atoms with Crippen molar-refractivity contribution in [3.63, 3.8) is 0 Å². The number of hydrogen-bond donors (Lipinski definition) is 0. The van der Waals surface area contributed by atoms with Gasteiger partial charge in [-0.1, -0.05) is 48.0 Å². The topological polar surface area (TPSA) is 43.1 Å². The summed E-state index contributed by atoms with van der Waals surface area (Å²) in [6.45, 7) is 4.48. The number of nitro benzene ring substituents is 1. The molecule has 0 aliphatic heterocycles. The first-order valence-electron chi connectivity index (χ1n) is 5.78. The summed E-state index contributed by atoms with van der Waals surface area (Å²) in [6, 6.07) is 7.00. The van der Waals surface area contributed by atoms with Gasteiger partial charge in [-0.05, 0) is 24.2 Å². The number of halogens is 1. The third-order valence-electron chi connectivity index (χ3n) is 3.63. The predicted octanol–water partition coefficient (Wildman–Crippen LogP) is 3.95. The van der Waals surface area contributed by atoms with Crippen LogP contribution < -0.4 is 0 Å². The maximum absolute atomic E-state index is 10.9. The number of nitrogens with zero attached hydrogens (tertiary/aromatic N) is 1. The van der Waals surface area contributed by atoms with Gasteiger partial charge in [0.2, 0.25) is 0 Å². The molecule has 92 valence electrons. The van der Waals surface area contributed by atoms with E-state index in [1.165, 1.54) is 6.42 Å². The highest BCUT2D eigenvalue weighted by Gasteiger charge is 2.49. The number of alkyl halides is 1. The molecule has 2 rings (SSSR count). The van der Waals surface area contributed by atoms with E-state index in [-0.39, 0.29) is 10.6 Å². The second-order valence-electron chi connectivity index (χ2n) is 5.41. The standard InChI is InChI=1S/C13H16BrNO2/c1-13(2)8-10(13)11(14)7-9-5-3-4-6-12(9)15(16)17/h3-6,10-11H,7-8H2,1-2H3. The van der Waals surface area contributed by atoms with E-state index in [0.717, 1.165) is 12.0 Å². The Hall–Kier alpha value is -0.900. The second kappa shape index (κ2) is 4.41. The molecule has 3 nitrogen and oxygen atoms in total. The zero-order valence-electron chi connectivity index (χ0n) is 10.0. The van der Waals surface area contributed by atoms with Crippen LogP contribution in [0.15, 0.2) is 24.3 Å². The van der Waals surface area contributed by atoms with E-state index in [1.807, 2.05) is 12.1 Å². The van der Waals surface area contributed by atoms with Crippen LogP contribution in [-0.4, -0.2) is 9.75 Å². The lowest BCUT2D eigenvalue weighted by atomic mass is 10.0. The van der Waals surface area contributed by atoms with Crippen LogP contribution in [0.4, 0.5) is 5.69 Å². The Labute approximate surface area is 110 Å². The summed E-state index contributed by atoms with van der Waals surface area (Å²) >= 11 is 3.68. The van der Waals surface area contributed by atoms with E-state index in [2.05, 4.69) is 29.8 Å². The number of benzene rings is 1. The molecule has 1 fully saturated rings. The maximum Gasteiger partial charge on any atom is 0.272 e. The van der Waals surface area contributed by atoms with Crippen molar-refractivity contribution in [3.8, 4) is 0 Å². The van der Waals surface area contributed by atoms with E-state index in [1.54, 1.807) is 12.1 Å². The van der Waals surface area contributed by atoms with Crippen molar-refractivity contribution in [2.45, 2.75) is 31.5 Å². The van der Waals surface area contributed by atoms with Crippen molar-refractivity contribution in [3.05, 3.63) is 39.9 Å². The van der Waals surface area contributed by atoms with Crippen LogP contribution in [0.25, 0.3) is 0 Å². The molecule has 2 atom stereocenters. The first-order chi connectivity index (χ1) is 7.92. The second-order valence-corrected chi connectivity index (χ2v) is 6.58. The first kappa shape index (κ1) is 12.6. The fourth-order valence-electron chi connectivity index (χ4n) is 2.34. The molecule has 0 aromatic heterocycles. The van der Waals surface area contributed by atoms with E-state index in [9.17, 15) is 10.1 Å². The molecule has 0 spiro atoms. The number of hydrogen-bond acceptors (Lipinski definition) is 2. The monoisotopic (exact) mass is 297 g/mol. The van der Waals surface area contributed by atoms with Crippen LogP contribution in [0, 0.1) is 21.4 Å². The van der Waals surface area contributed by atoms with Crippen LogP contribution in [0.5, 0.6) is 0 Å². The fraction of sp³-hybridized carbons (Fsp3) is 0.538. The molecule has 0 heterocycles. The summed E-state index contributed by atoms with van der Waals surface area (Å²) < 4.78 is 0. The minimum Gasteiger partial charge on any atom is -0.258 e. The minimum absolute atomic E-state index is 0.232. The Balaban J connectivity index is 2.11. The molecule has 1 aliphatic rings. The summed E-state index contributed by atoms with van der Waals surface area (Å²) in [5, 5.41) is 10.9. The Morgan fingerprint density at radius 1 is 1.53 bits per heavy atom. The Morgan fingerprint density at radius 2 is 2.12 bits per heavy atom. The van der Waals surface area contributed by atoms with Crippen molar-refractivity contribution in [1.82, 2.24) is 0 Å². The van der Waals surface area contributed by atoms with Gasteiger partial charge in [0.25, 0.3) is 5.69 Å². The van der Waals surface area contributed by atoms with E-state index in [4.69, 9.17) is 0 Å². The van der Waals surface area contributed by atoms with Crippen LogP contribution in [0.2, 0.25) is 0 Å². The Kier molecular flexibility index (Phi) is 3.25. The molecule has 1 aromatic rings. The highest BCUT2D eigenvalue weighted by molar-refractivity contribution is 9.09. The Morgan fingerprint density at radius 3 is 2.65 bits per heavy atom. The zero-order valence-corrected chi connectivity index (χ0v) is 11.6. The molecule has 4 heteroatoms. The van der Waals surface area contributed by atoms with Crippen molar-refractivity contribution >= 4 is 21.6 Å². The van der Waals surface area contributed by atoms with Crippen molar-refractivity contribution in [2.24, 2.45) is 11.3 Å². The van der Waals surface area contributed by atoms with Gasteiger partial charge < -0.3 is 0 Å². The predicted molar refractivity (Wildman–Crippen MR) is 71.4 cm³/mol. The smallest absolute Gasteiger partial charge is 0.258 e. The highest BCUT2D eigenvalue weighted by Crippen LogP contribution is 2.56. The molecule has 0 bridgehead atoms. The van der Waals surface area contributed by atoms with Gasteiger partial charge >= 0.3 is 0 Å². The lowest BCUT2D eigenvalue weighted by molar-refractivity contribution is -0.385. The van der Waals surface area contributed by atoms with Crippen molar-refractivity contribution < 1.29 is 4.92 Å². The van der Waals surface area contributed by atoms with E-state index in [0.29, 0.717) is 16.2 Å². The van der Waals surface area contributed by atoms with Gasteiger partial charge in [-0.25, -0.2) is 0 Å². The van der Waals surface area contributed by atoms with Gasteiger partial charge in [0.1, 0.15) is 0 Å². The molecule has 1 saturated carbocycles. The minimum atomic E-state index is -0.299. The van der Waals surface area contributed by atoms with Crippen molar-refractivity contribution in [1.29, 1.82) is 0 Å². The lowest BCUT2D eigenvalue weighted by Gasteiger charge is -2.11. The summed E-state index contributed by atoms with van der Waals surface area (Å²) in [5.41, 5.74) is 1.44. The molecule has 0 N–H and O–H groups in total. The van der Waals surface area contributed by atoms with Crippen LogP contribution in [-0.2, 0) is 6.42 Å². The third-order valence-corrected chi connectivity index (χ3v) is 4.59. The van der Waals surface area contributed by atoms with Gasteiger partial charge in [0.05, 0.1) is 4.92 Å². The lowest BCUT2D eigenvalue weighted by Crippen LogP contribution is -2.10. The third kappa shape index (κ3) is 2.68. The summed E-state index contributed by atoms with van der Waals surface area (Å²) in [4.78, 5) is 10.9. The SMILES string of the molecule is CC1(C)CC1C(Br)Cc1ccccc1[N+](=O)[O-]. The fourth-order valence-corrected chi connectivity index (χ4v) is 3.59. The summed E-state index contributed by atoms with van der Waals surface area (Å²) in [5.74, 6) is 0.627. The number of para-hydroxylation sites is 1. The van der Waals surface area contributed by atoms with Crippen molar-refractivity contribution in [2.75, 3.05) is 0 Å². The molecular weight excluding hydrogens is 282 g/mol. The average Bonchev–Trinajstić information content (AvgIpc) is 2.88. The number of nitro groups is 1. The van der Waals surface area contributed by atoms with Crippen LogP contribution in [0.1, 0.15) is 25.8 Å². The normalized spacial score (nSPS) is 23.1. The van der Waals surface area contributed by atoms with Gasteiger partial charge in [0, 0.05) is 16.5 Å². The van der Waals surface area contributed by atoms with E-state index >= 15 is 0 Å². The van der Waals surface area contributed by atoms with Gasteiger partial charge in [-0.3, -0.25) is 10.1 Å². The van der Waals surface area contributed by atoms with Gasteiger partial charge in [0.15, 0.2) is 0 Å². The van der Waals surface area contributed by atoms with E-state index < -0.39 is 0 Å². The van der Waals surface area contributed by atoms with Crippen LogP contribution in [0.3, 0.4) is 0 Å². The number of rotatable bonds is 4. The first-order valence-corrected chi connectivity index (χ1v) is 6.70. The van der Waals surface area contributed by atoms with Gasteiger partial charge in [-0.15, -0.1) is 0 Å². The molecule has 0 saturated heterocycles. The summed E-state index contributed by atoms with van der Waals surface area (Å²) in [7, 11) is 0. The zero-order chi connectivity index (χ0) is 12.6. The molecule has 0 amide bonds. The van der Waals surface area contributed by atoms with Crippen LogP contribution >= 0.6 is 15.9 Å². The molecule has 17 heavy (non-hydrogen) atoms. The molecular formula is C13H16BrNO2. The Bertz CT molecular complexity index is 445. The highest BCUT2D eigenvalue weighted by atomic mass is 79.9. The maximum atomic E-state index is 10.9. The molecule has 1 aromatic carbocycles. The largest absolute Gasteiger partial charge is 0.272 e. The average molecular weight is 298 g/mol. The quantitative estimate of drug-likeness (QED) is 0.480. The molecule has 2 unspecified atom stereocenters. The van der Waals surface area contributed by atoms with Gasteiger partial charge in [-0.2, -0.15) is 0 Å². The molecule has 1 aliphatic carbocycles. The molecule has 0 radical (unpaired) electrons. The summed E-state index contributed by atoms with van der Waals surface area (Å²) in [6.07, 6.45) is 1.93.